The fourth-order valence-electron chi connectivity index (χ4n) is 5.12. The summed E-state index contributed by atoms with van der Waals surface area (Å²) in [7, 11) is 3.48. The molecule has 1 atom stereocenters. The fraction of sp³-hybridized carbons (Fsp3) is 0.300. The Morgan fingerprint density at radius 3 is 2.95 bits per heavy atom. The predicted octanol–water partition coefficient (Wildman–Crippen LogP) is 5.67. The van der Waals surface area contributed by atoms with Crippen LogP contribution in [0.25, 0.3) is 27.6 Å². The molecule has 2 aromatic carbocycles. The number of hydrogen-bond donors (Lipinski definition) is 1. The van der Waals surface area contributed by atoms with Crippen molar-refractivity contribution in [2.45, 2.75) is 32.4 Å². The number of methoxy groups -OCH3 is 1. The normalized spacial score (nSPS) is 16.9. The molecular weight excluding hydrogens is 479 g/mol. The largest absolute Gasteiger partial charge is 0.496 e. The number of H-pyrrole nitrogens is 1. The average Bonchev–Trinajstić information content (AvgIpc) is 3.58. The Morgan fingerprint density at radius 1 is 1.29 bits per heavy atom. The maximum atomic E-state index is 14.5. The highest BCUT2D eigenvalue weighted by molar-refractivity contribution is 5.95. The number of benzene rings is 2. The maximum absolute atomic E-state index is 14.5. The fourth-order valence-corrected chi connectivity index (χ4v) is 5.12. The van der Waals surface area contributed by atoms with Gasteiger partial charge in [-0.2, -0.15) is 10.2 Å². The van der Waals surface area contributed by atoms with Crippen LogP contribution < -0.4 is 4.74 Å². The molecule has 4 aromatic rings. The SMILES string of the molecule is C=[N+](C)C=CC(=CC)c1n[nH]c2ccc(-c3cnn(C4CCCN(Cc5c(F)cccc5OC)C4)c3)cc12. The first-order chi connectivity index (χ1) is 18.5. The van der Waals surface area contributed by atoms with Gasteiger partial charge in [-0.05, 0) is 56.1 Å². The average molecular weight is 514 g/mol. The van der Waals surface area contributed by atoms with E-state index in [1.165, 1.54) is 6.07 Å². The third kappa shape index (κ3) is 5.31. The maximum Gasteiger partial charge on any atom is 0.168 e. The van der Waals surface area contributed by atoms with Crippen LogP contribution in [0, 0.1) is 5.82 Å². The van der Waals surface area contributed by atoms with E-state index in [1.54, 1.807) is 17.8 Å². The first-order valence-corrected chi connectivity index (χ1v) is 12.9. The van der Waals surface area contributed by atoms with Crippen LogP contribution in [-0.4, -0.2) is 63.4 Å². The summed E-state index contributed by atoms with van der Waals surface area (Å²) in [5.41, 5.74) is 5.66. The van der Waals surface area contributed by atoms with Crippen molar-refractivity contribution in [2.24, 2.45) is 0 Å². The second-order valence-electron chi connectivity index (χ2n) is 9.81. The van der Waals surface area contributed by atoms with Crippen molar-refractivity contribution >= 4 is 23.2 Å². The Kier molecular flexibility index (Phi) is 7.51. The Morgan fingerprint density at radius 2 is 2.16 bits per heavy atom. The summed E-state index contributed by atoms with van der Waals surface area (Å²) in [6.45, 7) is 8.13. The number of fused-ring (bicyclic) bond motifs is 1. The number of allylic oxidation sites excluding steroid dienone is 3. The van der Waals surface area contributed by atoms with Crippen molar-refractivity contribution in [1.29, 1.82) is 0 Å². The van der Waals surface area contributed by atoms with Crippen LogP contribution in [0.4, 0.5) is 4.39 Å². The number of ether oxygens (including phenoxy) is 1. The molecule has 7 nitrogen and oxygen atoms in total. The Bertz CT molecular complexity index is 1510. The topological polar surface area (TPSA) is 62.0 Å². The molecule has 5 rings (SSSR count). The first-order valence-electron chi connectivity index (χ1n) is 12.9. The van der Waals surface area contributed by atoms with Gasteiger partial charge in [-0.3, -0.25) is 14.7 Å². The zero-order valence-electron chi connectivity index (χ0n) is 22.2. The highest BCUT2D eigenvalue weighted by Gasteiger charge is 2.24. The van der Waals surface area contributed by atoms with E-state index in [0.717, 1.165) is 59.2 Å². The monoisotopic (exact) mass is 513 g/mol. The molecule has 1 saturated heterocycles. The van der Waals surface area contributed by atoms with Gasteiger partial charge in [0.25, 0.3) is 0 Å². The first kappa shape index (κ1) is 25.6. The van der Waals surface area contributed by atoms with E-state index in [0.29, 0.717) is 17.9 Å². The summed E-state index contributed by atoms with van der Waals surface area (Å²) < 4.78 is 23.8. The lowest BCUT2D eigenvalue weighted by Crippen LogP contribution is -2.36. The molecule has 196 valence electrons. The van der Waals surface area contributed by atoms with Crippen LogP contribution in [0.3, 0.4) is 0 Å². The van der Waals surface area contributed by atoms with Gasteiger partial charge in [-0.15, -0.1) is 0 Å². The lowest BCUT2D eigenvalue weighted by molar-refractivity contribution is -0.411. The van der Waals surface area contributed by atoms with E-state index >= 15 is 0 Å². The van der Waals surface area contributed by atoms with Gasteiger partial charge in [0.1, 0.15) is 25.3 Å². The second-order valence-corrected chi connectivity index (χ2v) is 9.81. The molecule has 1 unspecified atom stereocenters. The van der Waals surface area contributed by atoms with Crippen LogP contribution >= 0.6 is 0 Å². The van der Waals surface area contributed by atoms with Gasteiger partial charge in [-0.1, -0.05) is 18.2 Å². The summed E-state index contributed by atoms with van der Waals surface area (Å²) in [6, 6.07) is 11.5. The quantitative estimate of drug-likeness (QED) is 0.187. The predicted molar refractivity (Wildman–Crippen MR) is 150 cm³/mol. The van der Waals surface area contributed by atoms with Crippen LogP contribution in [0.15, 0.2) is 67.1 Å². The molecule has 0 spiro atoms. The molecule has 1 aliphatic heterocycles. The smallest absolute Gasteiger partial charge is 0.168 e. The highest BCUT2D eigenvalue weighted by atomic mass is 19.1. The van der Waals surface area contributed by atoms with Crippen molar-refractivity contribution < 1.29 is 13.7 Å². The van der Waals surface area contributed by atoms with Crippen molar-refractivity contribution in [3.63, 3.8) is 0 Å². The summed E-state index contributed by atoms with van der Waals surface area (Å²) in [5.74, 6) is 0.370. The van der Waals surface area contributed by atoms with E-state index in [1.807, 2.05) is 44.6 Å². The summed E-state index contributed by atoms with van der Waals surface area (Å²) in [5, 5.41) is 13.5. The van der Waals surface area contributed by atoms with Crippen LogP contribution in [0.1, 0.15) is 37.1 Å². The lowest BCUT2D eigenvalue weighted by atomic mass is 10.0. The number of likely N-dealkylation sites (tertiary alicyclic amines) is 1. The molecule has 2 aromatic heterocycles. The number of piperidine rings is 1. The molecule has 1 fully saturated rings. The Balaban J connectivity index is 1.36. The molecule has 38 heavy (non-hydrogen) atoms. The van der Waals surface area contributed by atoms with Crippen molar-refractivity contribution in [1.82, 2.24) is 24.9 Å². The lowest BCUT2D eigenvalue weighted by Gasteiger charge is -2.33. The standard InChI is InChI=1S/C30H34FN6O/c1-5-21(13-15-35(2)3)30-25-16-22(11-12-28(25)33-34-30)23-17-32-37(18-23)24-8-7-14-36(19-24)20-26-27(31)9-6-10-29(26)38-4/h5-6,9-13,15-18,24H,2,7-8,14,19-20H2,1,3-4H3,(H,33,34)/q+1. The van der Waals surface area contributed by atoms with Gasteiger partial charge in [0.2, 0.25) is 0 Å². The number of nitrogens with zero attached hydrogens (tertiary/aromatic N) is 5. The molecule has 8 heteroatoms. The molecule has 0 radical (unpaired) electrons. The van der Waals surface area contributed by atoms with Gasteiger partial charge < -0.3 is 4.74 Å². The Labute approximate surface area is 222 Å². The van der Waals surface area contributed by atoms with Gasteiger partial charge >= 0.3 is 0 Å². The minimum absolute atomic E-state index is 0.225. The molecule has 0 amide bonds. The number of aromatic nitrogens is 4. The third-order valence-corrected chi connectivity index (χ3v) is 7.12. The number of halogens is 1. The summed E-state index contributed by atoms with van der Waals surface area (Å²) in [6.07, 6.45) is 12.1. The molecular formula is C30H34FN6O+. The second kappa shape index (κ2) is 11.1. The molecule has 3 heterocycles. The number of hydrogen-bond acceptors (Lipinski definition) is 4. The summed E-state index contributed by atoms with van der Waals surface area (Å²) in [4.78, 5) is 2.29. The molecule has 0 bridgehead atoms. The van der Waals surface area contributed by atoms with Crippen molar-refractivity contribution in [3.05, 3.63) is 84.2 Å². The third-order valence-electron chi connectivity index (χ3n) is 7.12. The zero-order valence-corrected chi connectivity index (χ0v) is 22.2. The van der Waals surface area contributed by atoms with Crippen LogP contribution in [0.2, 0.25) is 0 Å². The van der Waals surface area contributed by atoms with Crippen LogP contribution in [-0.2, 0) is 6.54 Å². The van der Waals surface area contributed by atoms with Gasteiger partial charge in [-0.25, -0.2) is 8.97 Å². The highest BCUT2D eigenvalue weighted by Crippen LogP contribution is 2.31. The van der Waals surface area contributed by atoms with Crippen molar-refractivity contribution in [2.75, 3.05) is 27.2 Å². The van der Waals surface area contributed by atoms with E-state index in [9.17, 15) is 4.39 Å². The zero-order chi connectivity index (χ0) is 26.6. The van der Waals surface area contributed by atoms with E-state index < -0.39 is 0 Å². The van der Waals surface area contributed by atoms with Gasteiger partial charge in [0, 0.05) is 47.4 Å². The molecule has 0 saturated carbocycles. The number of nitrogens with one attached hydrogen (secondary N) is 1. The summed E-state index contributed by atoms with van der Waals surface area (Å²) >= 11 is 0. The van der Waals surface area contributed by atoms with E-state index in [-0.39, 0.29) is 11.9 Å². The van der Waals surface area contributed by atoms with Crippen LogP contribution in [0.5, 0.6) is 5.75 Å². The number of rotatable bonds is 8. The molecule has 1 aliphatic rings. The Hall–Kier alpha value is -4.04. The van der Waals surface area contributed by atoms with E-state index in [4.69, 9.17) is 9.84 Å². The van der Waals surface area contributed by atoms with E-state index in [2.05, 4.69) is 50.9 Å². The van der Waals surface area contributed by atoms with Crippen molar-refractivity contribution in [3.8, 4) is 16.9 Å². The molecule has 1 N–H and O–H groups in total. The van der Waals surface area contributed by atoms with Gasteiger partial charge in [0.15, 0.2) is 6.20 Å². The van der Waals surface area contributed by atoms with Gasteiger partial charge in [0.05, 0.1) is 30.6 Å². The minimum atomic E-state index is -0.225. The molecule has 0 aliphatic carbocycles. The number of aromatic amines is 1. The minimum Gasteiger partial charge on any atom is -0.496 e.